The Morgan fingerprint density at radius 3 is 2.89 bits per heavy atom. The smallest absolute Gasteiger partial charge is 0.256 e. The first-order valence-corrected chi connectivity index (χ1v) is 6.79. The number of amides is 1. The summed E-state index contributed by atoms with van der Waals surface area (Å²) in [5.41, 5.74) is 5.99. The van der Waals surface area contributed by atoms with Crippen molar-refractivity contribution in [2.75, 3.05) is 19.3 Å². The summed E-state index contributed by atoms with van der Waals surface area (Å²) in [5, 5.41) is 1.99. The number of nitrogens with two attached hydrogens (primary N) is 1. The Kier molecular flexibility index (Phi) is 4.16. The molecule has 2 N–H and O–H groups in total. The number of nitrogen functional groups attached to an aromatic ring is 1. The van der Waals surface area contributed by atoms with E-state index in [1.807, 2.05) is 17.5 Å². The minimum absolute atomic E-state index is 0.0219. The molecule has 0 bridgehead atoms. The number of rotatable bonds is 4. The molecule has 3 nitrogen and oxygen atoms in total. The molecule has 1 amide bonds. The van der Waals surface area contributed by atoms with Crippen molar-refractivity contribution in [1.29, 1.82) is 0 Å². The highest BCUT2D eigenvalue weighted by molar-refractivity contribution is 7.09. The Hall–Kier alpha value is -1.88. The summed E-state index contributed by atoms with van der Waals surface area (Å²) >= 11 is 1.65. The van der Waals surface area contributed by atoms with Crippen LogP contribution in [0.5, 0.6) is 0 Å². The maximum Gasteiger partial charge on any atom is 0.256 e. The van der Waals surface area contributed by atoms with Gasteiger partial charge in [-0.3, -0.25) is 4.79 Å². The summed E-state index contributed by atoms with van der Waals surface area (Å²) in [7, 11) is 1.67. The van der Waals surface area contributed by atoms with Crippen LogP contribution in [0.1, 0.15) is 15.2 Å². The van der Waals surface area contributed by atoms with Crippen molar-refractivity contribution >= 4 is 22.9 Å². The Labute approximate surface area is 115 Å². The largest absolute Gasteiger partial charge is 0.399 e. The molecule has 0 aliphatic heterocycles. The van der Waals surface area contributed by atoms with Gasteiger partial charge in [0, 0.05) is 24.2 Å². The molecule has 2 aromatic rings. The lowest BCUT2D eigenvalue weighted by atomic mass is 10.1. The molecule has 1 heterocycles. The minimum Gasteiger partial charge on any atom is -0.399 e. The second kappa shape index (κ2) is 5.84. The molecule has 0 saturated heterocycles. The van der Waals surface area contributed by atoms with E-state index in [-0.39, 0.29) is 11.5 Å². The molecular weight excluding hydrogens is 263 g/mol. The average molecular weight is 278 g/mol. The summed E-state index contributed by atoms with van der Waals surface area (Å²) in [6.45, 7) is 0.549. The average Bonchev–Trinajstić information content (AvgIpc) is 2.91. The van der Waals surface area contributed by atoms with Crippen LogP contribution in [-0.4, -0.2) is 24.4 Å². The van der Waals surface area contributed by atoms with Gasteiger partial charge in [-0.15, -0.1) is 11.3 Å². The van der Waals surface area contributed by atoms with E-state index >= 15 is 0 Å². The normalized spacial score (nSPS) is 10.4. The van der Waals surface area contributed by atoms with Crippen LogP contribution >= 0.6 is 11.3 Å². The summed E-state index contributed by atoms with van der Waals surface area (Å²) < 4.78 is 13.6. The fraction of sp³-hybridized carbons (Fsp3) is 0.214. The number of hydrogen-bond acceptors (Lipinski definition) is 3. The van der Waals surface area contributed by atoms with Crippen molar-refractivity contribution in [2.45, 2.75) is 6.42 Å². The summed E-state index contributed by atoms with van der Waals surface area (Å²) in [6, 6.07) is 8.02. The molecule has 1 aromatic heterocycles. The number of hydrogen-bond donors (Lipinski definition) is 1. The number of anilines is 1. The number of likely N-dealkylation sites (N-methyl/N-ethyl adjacent to an activating group) is 1. The molecule has 19 heavy (non-hydrogen) atoms. The highest BCUT2D eigenvalue weighted by Crippen LogP contribution is 2.15. The molecule has 0 atom stereocenters. The molecule has 2 rings (SSSR count). The van der Waals surface area contributed by atoms with Crippen molar-refractivity contribution in [3.05, 3.63) is 52.0 Å². The summed E-state index contributed by atoms with van der Waals surface area (Å²) in [4.78, 5) is 14.8. The number of carbonyl (C=O) groups excluding carboxylic acids is 1. The number of nitrogens with zero attached hydrogens (tertiary/aromatic N) is 1. The maximum atomic E-state index is 13.6. The third-order valence-electron chi connectivity index (χ3n) is 2.84. The quantitative estimate of drug-likeness (QED) is 0.874. The van der Waals surface area contributed by atoms with Crippen LogP contribution in [0.4, 0.5) is 10.1 Å². The van der Waals surface area contributed by atoms with Crippen molar-refractivity contribution in [3.63, 3.8) is 0 Å². The molecule has 5 heteroatoms. The van der Waals surface area contributed by atoms with E-state index in [1.165, 1.54) is 28.0 Å². The van der Waals surface area contributed by atoms with Crippen LogP contribution in [0, 0.1) is 5.82 Å². The van der Waals surface area contributed by atoms with Gasteiger partial charge in [0.1, 0.15) is 5.82 Å². The predicted octanol–water partition coefficient (Wildman–Crippen LogP) is 2.78. The number of benzene rings is 1. The molecule has 100 valence electrons. The van der Waals surface area contributed by atoms with E-state index < -0.39 is 5.82 Å². The topological polar surface area (TPSA) is 46.3 Å². The van der Waals surface area contributed by atoms with E-state index in [9.17, 15) is 9.18 Å². The Morgan fingerprint density at radius 1 is 1.42 bits per heavy atom. The first-order chi connectivity index (χ1) is 9.08. The van der Waals surface area contributed by atoms with E-state index in [4.69, 9.17) is 5.73 Å². The van der Waals surface area contributed by atoms with Gasteiger partial charge in [-0.1, -0.05) is 6.07 Å². The minimum atomic E-state index is -0.540. The first kappa shape index (κ1) is 13.5. The Morgan fingerprint density at radius 2 is 2.21 bits per heavy atom. The predicted molar refractivity (Wildman–Crippen MR) is 75.8 cm³/mol. The lowest BCUT2D eigenvalue weighted by Crippen LogP contribution is -2.29. The highest BCUT2D eigenvalue weighted by Gasteiger charge is 2.16. The van der Waals surface area contributed by atoms with Gasteiger partial charge in [0.15, 0.2) is 0 Å². The zero-order chi connectivity index (χ0) is 13.8. The van der Waals surface area contributed by atoms with Gasteiger partial charge in [-0.05, 0) is 36.1 Å². The van der Waals surface area contributed by atoms with Crippen molar-refractivity contribution < 1.29 is 9.18 Å². The second-order valence-electron chi connectivity index (χ2n) is 4.30. The van der Waals surface area contributed by atoms with E-state index in [0.717, 1.165) is 6.42 Å². The molecule has 0 aliphatic carbocycles. The van der Waals surface area contributed by atoms with E-state index in [1.54, 1.807) is 18.4 Å². The lowest BCUT2D eigenvalue weighted by molar-refractivity contribution is 0.0792. The second-order valence-corrected chi connectivity index (χ2v) is 5.33. The van der Waals surface area contributed by atoms with Gasteiger partial charge in [0.25, 0.3) is 5.91 Å². The molecule has 0 aliphatic rings. The van der Waals surface area contributed by atoms with Crippen molar-refractivity contribution in [1.82, 2.24) is 4.90 Å². The zero-order valence-corrected chi connectivity index (χ0v) is 11.4. The maximum absolute atomic E-state index is 13.6. The third kappa shape index (κ3) is 3.32. The Balaban J connectivity index is 2.04. The number of thiophene rings is 1. The van der Waals surface area contributed by atoms with Crippen molar-refractivity contribution in [3.8, 4) is 0 Å². The standard InChI is InChI=1S/C14H15FN2OS/c1-17(7-6-11-3-2-8-19-11)14(18)12-9-10(16)4-5-13(12)15/h2-5,8-9H,6-7,16H2,1H3. The molecule has 0 saturated carbocycles. The molecule has 1 aromatic carbocycles. The highest BCUT2D eigenvalue weighted by atomic mass is 32.1. The van der Waals surface area contributed by atoms with E-state index in [0.29, 0.717) is 12.2 Å². The molecule has 0 fully saturated rings. The van der Waals surface area contributed by atoms with Crippen LogP contribution in [0.25, 0.3) is 0 Å². The number of halogens is 1. The lowest BCUT2D eigenvalue weighted by Gasteiger charge is -2.17. The fourth-order valence-electron chi connectivity index (χ4n) is 1.75. The van der Waals surface area contributed by atoms with Gasteiger partial charge in [-0.25, -0.2) is 4.39 Å². The molecule has 0 spiro atoms. The van der Waals surface area contributed by atoms with Gasteiger partial charge in [0.2, 0.25) is 0 Å². The summed E-state index contributed by atoms with van der Waals surface area (Å²) in [6.07, 6.45) is 0.768. The van der Waals surface area contributed by atoms with Crippen molar-refractivity contribution in [2.24, 2.45) is 0 Å². The van der Waals surface area contributed by atoms with Crippen LogP contribution in [0.15, 0.2) is 35.7 Å². The number of carbonyl (C=O) groups is 1. The van der Waals surface area contributed by atoms with E-state index in [2.05, 4.69) is 0 Å². The van der Waals surface area contributed by atoms with Gasteiger partial charge >= 0.3 is 0 Å². The first-order valence-electron chi connectivity index (χ1n) is 5.91. The van der Waals surface area contributed by atoms with Gasteiger partial charge in [-0.2, -0.15) is 0 Å². The molecular formula is C14H15FN2OS. The Bertz CT molecular complexity index is 569. The van der Waals surface area contributed by atoms with Crippen LogP contribution < -0.4 is 5.73 Å². The fourth-order valence-corrected chi connectivity index (χ4v) is 2.44. The van der Waals surface area contributed by atoms with Crippen LogP contribution in [-0.2, 0) is 6.42 Å². The molecule has 0 unspecified atom stereocenters. The molecule has 0 radical (unpaired) electrons. The van der Waals surface area contributed by atoms with Gasteiger partial charge < -0.3 is 10.6 Å². The SMILES string of the molecule is CN(CCc1cccs1)C(=O)c1cc(N)ccc1F. The van der Waals surface area contributed by atoms with Crippen LogP contribution in [0.3, 0.4) is 0 Å². The zero-order valence-electron chi connectivity index (χ0n) is 10.6. The van der Waals surface area contributed by atoms with Gasteiger partial charge in [0.05, 0.1) is 5.56 Å². The van der Waals surface area contributed by atoms with Crippen LogP contribution in [0.2, 0.25) is 0 Å². The third-order valence-corrected chi connectivity index (χ3v) is 3.78. The monoisotopic (exact) mass is 278 g/mol. The summed E-state index contributed by atoms with van der Waals surface area (Å²) in [5.74, 6) is -0.886.